The van der Waals surface area contributed by atoms with Crippen molar-refractivity contribution in [3.8, 4) is 5.82 Å². The lowest BCUT2D eigenvalue weighted by Crippen LogP contribution is -2.15. The van der Waals surface area contributed by atoms with Crippen LogP contribution in [0.4, 0.5) is 0 Å². The van der Waals surface area contributed by atoms with E-state index in [9.17, 15) is 0 Å². The highest BCUT2D eigenvalue weighted by Crippen LogP contribution is 2.21. The molecule has 3 rings (SSSR count). The molecule has 0 unspecified atom stereocenters. The molecule has 0 amide bonds. The maximum atomic E-state index is 4.69. The van der Waals surface area contributed by atoms with Crippen molar-refractivity contribution in [3.05, 3.63) is 35.5 Å². The summed E-state index contributed by atoms with van der Waals surface area (Å²) in [5.41, 5.74) is 1.18. The van der Waals surface area contributed by atoms with E-state index in [1.807, 2.05) is 17.7 Å². The van der Waals surface area contributed by atoms with Crippen LogP contribution in [-0.4, -0.2) is 25.5 Å². The van der Waals surface area contributed by atoms with Gasteiger partial charge in [0, 0.05) is 30.5 Å². The van der Waals surface area contributed by atoms with Crippen LogP contribution < -0.4 is 5.32 Å². The summed E-state index contributed by atoms with van der Waals surface area (Å²) in [6, 6.07) is 0. The maximum absolute atomic E-state index is 4.69. The zero-order valence-electron chi connectivity index (χ0n) is 10.4. The number of nitrogens with zero attached hydrogens (tertiary/aromatic N) is 4. The molecular weight excluding hydrogens is 246 g/mol. The molecule has 3 aromatic rings. The van der Waals surface area contributed by atoms with Crippen molar-refractivity contribution in [1.82, 2.24) is 24.3 Å². The van der Waals surface area contributed by atoms with Crippen molar-refractivity contribution < 1.29 is 0 Å². The third-order valence-electron chi connectivity index (χ3n) is 2.94. The van der Waals surface area contributed by atoms with Crippen molar-refractivity contribution in [2.75, 3.05) is 6.54 Å². The molecule has 0 aromatic carbocycles. The quantitative estimate of drug-likeness (QED) is 0.781. The highest BCUT2D eigenvalue weighted by atomic mass is 32.1. The molecule has 5 nitrogen and oxygen atoms in total. The number of aryl methyl sites for hydroxylation is 1. The molecule has 3 aromatic heterocycles. The molecule has 6 heteroatoms. The predicted molar refractivity (Wildman–Crippen MR) is 72.3 cm³/mol. The molecule has 0 aliphatic heterocycles. The minimum Gasteiger partial charge on any atom is -0.311 e. The van der Waals surface area contributed by atoms with E-state index in [0.717, 1.165) is 29.7 Å². The molecule has 18 heavy (non-hydrogen) atoms. The van der Waals surface area contributed by atoms with E-state index in [2.05, 4.69) is 33.2 Å². The summed E-state index contributed by atoms with van der Waals surface area (Å²) in [6.45, 7) is 5.85. The van der Waals surface area contributed by atoms with Gasteiger partial charge >= 0.3 is 0 Å². The molecular formula is C12H15N5S. The Balaban J connectivity index is 2.15. The number of rotatable bonds is 4. The summed E-state index contributed by atoms with van der Waals surface area (Å²) in [7, 11) is 0. The molecule has 0 atom stereocenters. The summed E-state index contributed by atoms with van der Waals surface area (Å²) in [5, 5.41) is 5.42. The topological polar surface area (TPSA) is 47.2 Å². The fraction of sp³-hybridized carbons (Fsp3) is 0.333. The van der Waals surface area contributed by atoms with Gasteiger partial charge < -0.3 is 5.32 Å². The Hall–Kier alpha value is -1.66. The predicted octanol–water partition coefficient (Wildman–Crippen LogP) is 2.00. The van der Waals surface area contributed by atoms with Crippen LogP contribution in [0.1, 0.15) is 18.4 Å². The Morgan fingerprint density at radius 2 is 2.28 bits per heavy atom. The van der Waals surface area contributed by atoms with Crippen LogP contribution in [0.5, 0.6) is 0 Å². The zero-order chi connectivity index (χ0) is 12.5. The highest BCUT2D eigenvalue weighted by Gasteiger charge is 2.15. The van der Waals surface area contributed by atoms with E-state index in [0.29, 0.717) is 0 Å². The van der Waals surface area contributed by atoms with Crippen LogP contribution in [0.2, 0.25) is 0 Å². The first-order chi connectivity index (χ1) is 8.81. The molecule has 0 aliphatic rings. The minimum absolute atomic E-state index is 0.807. The Bertz CT molecular complexity index is 663. The standard InChI is InChI=1S/C12H15N5S/c1-3-13-8-10-11(16-5-4-14-9(16)2)15-12-17(10)6-7-18-12/h4-7,13H,3,8H2,1-2H3. The van der Waals surface area contributed by atoms with Gasteiger partial charge in [-0.25, -0.2) is 9.97 Å². The highest BCUT2D eigenvalue weighted by molar-refractivity contribution is 7.15. The van der Waals surface area contributed by atoms with Crippen LogP contribution >= 0.6 is 11.3 Å². The SMILES string of the molecule is CCNCc1c(-n2ccnc2C)nc2sccn12. The second-order valence-corrected chi connectivity index (χ2v) is 4.94. The summed E-state index contributed by atoms with van der Waals surface area (Å²) < 4.78 is 4.18. The fourth-order valence-corrected chi connectivity index (χ4v) is 2.75. The van der Waals surface area contributed by atoms with E-state index in [4.69, 9.17) is 4.98 Å². The number of hydrogen-bond donors (Lipinski definition) is 1. The number of fused-ring (bicyclic) bond motifs is 1. The average Bonchev–Trinajstić information content (AvgIpc) is 3.01. The van der Waals surface area contributed by atoms with Crippen LogP contribution in [0.15, 0.2) is 24.0 Å². The Morgan fingerprint density at radius 3 is 3.00 bits per heavy atom. The van der Waals surface area contributed by atoms with Crippen LogP contribution in [0.25, 0.3) is 10.8 Å². The fourth-order valence-electron chi connectivity index (χ4n) is 2.02. The van der Waals surface area contributed by atoms with Crippen molar-refractivity contribution >= 4 is 16.3 Å². The molecule has 0 saturated heterocycles. The minimum atomic E-state index is 0.807. The maximum Gasteiger partial charge on any atom is 0.195 e. The lowest BCUT2D eigenvalue weighted by atomic mass is 10.4. The number of hydrogen-bond acceptors (Lipinski definition) is 4. The van der Waals surface area contributed by atoms with Crippen molar-refractivity contribution in [3.63, 3.8) is 0 Å². The number of imidazole rings is 2. The molecule has 0 fully saturated rings. The zero-order valence-corrected chi connectivity index (χ0v) is 11.2. The van der Waals surface area contributed by atoms with Gasteiger partial charge in [0.25, 0.3) is 0 Å². The van der Waals surface area contributed by atoms with Crippen LogP contribution in [-0.2, 0) is 6.54 Å². The van der Waals surface area contributed by atoms with E-state index >= 15 is 0 Å². The second-order valence-electron chi connectivity index (χ2n) is 4.06. The van der Waals surface area contributed by atoms with Gasteiger partial charge in [-0.05, 0) is 13.5 Å². The first kappa shape index (κ1) is 11.4. The van der Waals surface area contributed by atoms with Gasteiger partial charge in [0.05, 0.1) is 5.69 Å². The van der Waals surface area contributed by atoms with E-state index in [1.165, 1.54) is 5.69 Å². The second kappa shape index (κ2) is 4.55. The largest absolute Gasteiger partial charge is 0.311 e. The van der Waals surface area contributed by atoms with Gasteiger partial charge in [0.2, 0.25) is 0 Å². The molecule has 0 saturated carbocycles. The first-order valence-electron chi connectivity index (χ1n) is 5.96. The van der Waals surface area contributed by atoms with Gasteiger partial charge in [0.1, 0.15) is 5.82 Å². The lowest BCUT2D eigenvalue weighted by Gasteiger charge is -2.06. The van der Waals surface area contributed by atoms with Gasteiger partial charge in [0.15, 0.2) is 10.8 Å². The normalized spacial score (nSPS) is 11.4. The smallest absolute Gasteiger partial charge is 0.195 e. The van der Waals surface area contributed by atoms with Crippen molar-refractivity contribution in [2.24, 2.45) is 0 Å². The molecule has 94 valence electrons. The Morgan fingerprint density at radius 1 is 1.39 bits per heavy atom. The monoisotopic (exact) mass is 261 g/mol. The average molecular weight is 261 g/mol. The third-order valence-corrected chi connectivity index (χ3v) is 3.69. The number of nitrogens with one attached hydrogen (secondary N) is 1. The Labute approximate surface area is 109 Å². The summed E-state index contributed by atoms with van der Waals surface area (Å²) >= 11 is 1.65. The van der Waals surface area contributed by atoms with Crippen molar-refractivity contribution in [2.45, 2.75) is 20.4 Å². The first-order valence-corrected chi connectivity index (χ1v) is 6.84. The number of thiazole rings is 1. The van der Waals surface area contributed by atoms with Gasteiger partial charge in [-0.3, -0.25) is 8.97 Å². The molecule has 3 heterocycles. The molecule has 0 radical (unpaired) electrons. The summed E-state index contributed by atoms with van der Waals surface area (Å²) in [6.07, 6.45) is 5.83. The van der Waals surface area contributed by atoms with E-state index in [-0.39, 0.29) is 0 Å². The Kier molecular flexibility index (Phi) is 2.89. The van der Waals surface area contributed by atoms with Gasteiger partial charge in [-0.15, -0.1) is 11.3 Å². The molecule has 0 spiro atoms. The summed E-state index contributed by atoms with van der Waals surface area (Å²) in [4.78, 5) is 9.98. The van der Waals surface area contributed by atoms with E-state index < -0.39 is 0 Å². The number of aromatic nitrogens is 4. The summed E-state index contributed by atoms with van der Waals surface area (Å²) in [5.74, 6) is 1.93. The lowest BCUT2D eigenvalue weighted by molar-refractivity contribution is 0.700. The molecule has 0 aliphatic carbocycles. The van der Waals surface area contributed by atoms with Gasteiger partial charge in [-0.2, -0.15) is 0 Å². The third kappa shape index (κ3) is 1.74. The van der Waals surface area contributed by atoms with E-state index in [1.54, 1.807) is 17.5 Å². The van der Waals surface area contributed by atoms with Gasteiger partial charge in [-0.1, -0.05) is 6.92 Å². The molecule has 1 N–H and O–H groups in total. The van der Waals surface area contributed by atoms with Crippen LogP contribution in [0, 0.1) is 6.92 Å². The van der Waals surface area contributed by atoms with Crippen LogP contribution in [0.3, 0.4) is 0 Å². The molecule has 0 bridgehead atoms. The van der Waals surface area contributed by atoms with Crippen molar-refractivity contribution in [1.29, 1.82) is 0 Å².